The first-order valence-corrected chi connectivity index (χ1v) is 7.61. The molecule has 0 saturated heterocycles. The maximum absolute atomic E-state index is 11.9. The van der Waals surface area contributed by atoms with Gasteiger partial charge >= 0.3 is 0 Å². The molecule has 0 radical (unpaired) electrons. The van der Waals surface area contributed by atoms with E-state index in [1.807, 2.05) is 46.8 Å². The Balaban J connectivity index is 0.00000484. The Bertz CT molecular complexity index is 526. The summed E-state index contributed by atoms with van der Waals surface area (Å²) in [5, 5.41) is 5.45. The number of amides is 2. The molecular weight excluding hydrogens is 314 g/mol. The number of carbonyl (C=O) groups is 2. The van der Waals surface area contributed by atoms with E-state index in [0.29, 0.717) is 0 Å². The van der Waals surface area contributed by atoms with Crippen molar-refractivity contribution in [3.63, 3.8) is 0 Å². The maximum atomic E-state index is 11.9. The van der Waals surface area contributed by atoms with Gasteiger partial charge in [-0.2, -0.15) is 0 Å². The fraction of sp³-hybridized carbons (Fsp3) is 0.529. The van der Waals surface area contributed by atoms with Crippen LogP contribution in [0, 0.1) is 19.8 Å². The second-order valence-electron chi connectivity index (χ2n) is 6.20. The third-order valence-corrected chi connectivity index (χ3v) is 3.57. The van der Waals surface area contributed by atoms with Crippen molar-refractivity contribution < 1.29 is 9.59 Å². The molecule has 130 valence electrons. The molecule has 6 heteroatoms. The molecule has 0 aliphatic heterocycles. The molecule has 5 nitrogen and oxygen atoms in total. The first-order chi connectivity index (χ1) is 10.2. The Kier molecular flexibility index (Phi) is 8.87. The largest absolute Gasteiger partial charge is 0.348 e. The fourth-order valence-electron chi connectivity index (χ4n) is 2.22. The number of hydrogen-bond donors (Lipinski definition) is 3. The predicted molar refractivity (Wildman–Crippen MR) is 95.5 cm³/mol. The zero-order valence-corrected chi connectivity index (χ0v) is 15.3. The molecule has 1 unspecified atom stereocenters. The van der Waals surface area contributed by atoms with E-state index in [9.17, 15) is 9.59 Å². The average molecular weight is 342 g/mol. The zero-order chi connectivity index (χ0) is 16.9. The van der Waals surface area contributed by atoms with Crippen molar-refractivity contribution in [2.75, 3.05) is 6.54 Å². The summed E-state index contributed by atoms with van der Waals surface area (Å²) < 4.78 is 0. The van der Waals surface area contributed by atoms with Crippen molar-refractivity contribution in [3.8, 4) is 0 Å². The molecule has 0 fully saturated rings. The average Bonchev–Trinajstić information content (AvgIpc) is 2.42. The first-order valence-electron chi connectivity index (χ1n) is 7.61. The van der Waals surface area contributed by atoms with Gasteiger partial charge in [-0.25, -0.2) is 0 Å². The molecule has 0 heterocycles. The van der Waals surface area contributed by atoms with E-state index in [2.05, 4.69) is 16.7 Å². The number of rotatable bonds is 6. The lowest BCUT2D eigenvalue weighted by atomic mass is 10.0. The second kappa shape index (κ2) is 9.53. The fourth-order valence-corrected chi connectivity index (χ4v) is 2.22. The maximum Gasteiger partial charge on any atom is 0.239 e. The molecule has 1 rings (SSSR count). The summed E-state index contributed by atoms with van der Waals surface area (Å²) in [7, 11) is 0. The molecule has 0 aliphatic carbocycles. The van der Waals surface area contributed by atoms with Gasteiger partial charge in [-0.05, 0) is 32.3 Å². The van der Waals surface area contributed by atoms with Crippen LogP contribution in [-0.2, 0) is 9.59 Å². The van der Waals surface area contributed by atoms with E-state index in [1.54, 1.807) is 0 Å². The first kappa shape index (κ1) is 21.4. The Morgan fingerprint density at radius 3 is 2.09 bits per heavy atom. The number of aryl methyl sites for hydroxylation is 2. The van der Waals surface area contributed by atoms with Gasteiger partial charge in [0.25, 0.3) is 0 Å². The van der Waals surface area contributed by atoms with Crippen molar-refractivity contribution in [1.29, 1.82) is 0 Å². The van der Waals surface area contributed by atoms with Gasteiger partial charge in [-0.1, -0.05) is 43.2 Å². The number of benzene rings is 1. The monoisotopic (exact) mass is 341 g/mol. The van der Waals surface area contributed by atoms with Gasteiger partial charge in [0.05, 0.1) is 18.6 Å². The van der Waals surface area contributed by atoms with Crippen LogP contribution in [0.1, 0.15) is 43.5 Å². The lowest BCUT2D eigenvalue weighted by Crippen LogP contribution is -2.47. The third kappa shape index (κ3) is 7.01. The molecule has 0 bridgehead atoms. The topological polar surface area (TPSA) is 84.2 Å². The highest BCUT2D eigenvalue weighted by Crippen LogP contribution is 2.16. The van der Waals surface area contributed by atoms with Crippen LogP contribution in [0.15, 0.2) is 18.2 Å². The predicted octanol–water partition coefficient (Wildman–Crippen LogP) is 2.00. The molecule has 23 heavy (non-hydrogen) atoms. The summed E-state index contributed by atoms with van der Waals surface area (Å²) in [6.45, 7) is 9.65. The molecule has 1 aromatic carbocycles. The smallest absolute Gasteiger partial charge is 0.239 e. The van der Waals surface area contributed by atoms with E-state index in [4.69, 9.17) is 5.73 Å². The van der Waals surface area contributed by atoms with E-state index >= 15 is 0 Å². The Morgan fingerprint density at radius 2 is 1.61 bits per heavy atom. The van der Waals surface area contributed by atoms with Gasteiger partial charge in [0.15, 0.2) is 0 Å². The minimum Gasteiger partial charge on any atom is -0.348 e. The van der Waals surface area contributed by atoms with Crippen LogP contribution in [0.25, 0.3) is 0 Å². The van der Waals surface area contributed by atoms with Gasteiger partial charge in [-0.15, -0.1) is 12.4 Å². The van der Waals surface area contributed by atoms with Crippen molar-refractivity contribution >= 4 is 24.2 Å². The lowest BCUT2D eigenvalue weighted by Gasteiger charge is -2.18. The summed E-state index contributed by atoms with van der Waals surface area (Å²) in [5.74, 6) is -0.488. The molecule has 0 aromatic heterocycles. The van der Waals surface area contributed by atoms with Gasteiger partial charge in [-0.3, -0.25) is 9.59 Å². The molecule has 0 aliphatic rings. The summed E-state index contributed by atoms with van der Waals surface area (Å²) in [6, 6.07) is 5.48. The molecule has 2 atom stereocenters. The lowest BCUT2D eigenvalue weighted by molar-refractivity contribution is -0.127. The van der Waals surface area contributed by atoms with Crippen LogP contribution in [-0.4, -0.2) is 24.4 Å². The van der Waals surface area contributed by atoms with Gasteiger partial charge in [0.2, 0.25) is 11.8 Å². The highest BCUT2D eigenvalue weighted by molar-refractivity contribution is 5.87. The van der Waals surface area contributed by atoms with Gasteiger partial charge in [0.1, 0.15) is 0 Å². The Morgan fingerprint density at radius 1 is 1.09 bits per heavy atom. The van der Waals surface area contributed by atoms with Crippen LogP contribution in [0.5, 0.6) is 0 Å². The van der Waals surface area contributed by atoms with E-state index in [0.717, 1.165) is 16.7 Å². The minimum absolute atomic E-state index is 0. The number of halogens is 1. The summed E-state index contributed by atoms with van der Waals surface area (Å²) in [4.78, 5) is 23.6. The summed E-state index contributed by atoms with van der Waals surface area (Å²) in [5.41, 5.74) is 9.10. The normalized spacial score (nSPS) is 13.0. The standard InChI is InChI=1S/C17H27N3O2.ClH/c1-10(2)16(18)17(22)19-9-15(21)20-13(5)14-7-11(3)6-12(4)8-14;/h6-8,10,13,16H,9,18H2,1-5H3,(H,19,22)(H,20,21);1H/t13?,16-;/m0./s1. The second-order valence-corrected chi connectivity index (χ2v) is 6.20. The van der Waals surface area contributed by atoms with E-state index in [1.165, 1.54) is 0 Å². The van der Waals surface area contributed by atoms with Crippen molar-refractivity contribution in [2.45, 2.75) is 46.7 Å². The molecule has 0 spiro atoms. The van der Waals surface area contributed by atoms with Crippen LogP contribution in [0.4, 0.5) is 0 Å². The molecule has 2 amide bonds. The zero-order valence-electron chi connectivity index (χ0n) is 14.5. The van der Waals surface area contributed by atoms with Gasteiger partial charge < -0.3 is 16.4 Å². The van der Waals surface area contributed by atoms with Gasteiger partial charge in [0, 0.05) is 0 Å². The van der Waals surface area contributed by atoms with Crippen molar-refractivity contribution in [1.82, 2.24) is 10.6 Å². The van der Waals surface area contributed by atoms with E-state index < -0.39 is 6.04 Å². The highest BCUT2D eigenvalue weighted by atomic mass is 35.5. The number of nitrogens with two attached hydrogens (primary N) is 1. The van der Waals surface area contributed by atoms with Crippen LogP contribution < -0.4 is 16.4 Å². The molecule has 1 aromatic rings. The summed E-state index contributed by atoms with van der Waals surface area (Å²) >= 11 is 0. The van der Waals surface area contributed by atoms with Crippen molar-refractivity contribution in [2.24, 2.45) is 11.7 Å². The molecule has 4 N–H and O–H groups in total. The number of nitrogens with one attached hydrogen (secondary N) is 2. The highest BCUT2D eigenvalue weighted by Gasteiger charge is 2.18. The van der Waals surface area contributed by atoms with Crippen molar-refractivity contribution in [3.05, 3.63) is 34.9 Å². The minimum atomic E-state index is -0.593. The summed E-state index contributed by atoms with van der Waals surface area (Å²) in [6.07, 6.45) is 0. The number of carbonyl (C=O) groups excluding carboxylic acids is 2. The number of hydrogen-bond acceptors (Lipinski definition) is 3. The van der Waals surface area contributed by atoms with E-state index in [-0.39, 0.29) is 42.7 Å². The quantitative estimate of drug-likeness (QED) is 0.740. The SMILES string of the molecule is Cc1cc(C)cc(C(C)NC(=O)CNC(=O)[C@@H](N)C(C)C)c1.Cl. The van der Waals surface area contributed by atoms with Crippen LogP contribution >= 0.6 is 12.4 Å². The van der Waals surface area contributed by atoms with Crippen LogP contribution in [0.2, 0.25) is 0 Å². The third-order valence-electron chi connectivity index (χ3n) is 3.57. The molecular formula is C17H28ClN3O2. The Labute approximate surface area is 144 Å². The van der Waals surface area contributed by atoms with Crippen LogP contribution in [0.3, 0.4) is 0 Å². The Hall–Kier alpha value is -1.59. The molecule has 0 saturated carbocycles.